The Kier molecular flexibility index (Phi) is 8.90. The minimum Gasteiger partial charge on any atom is -0.493 e. The van der Waals surface area contributed by atoms with Crippen LogP contribution in [0.25, 0.3) is 0 Å². The zero-order valence-electron chi connectivity index (χ0n) is 12.5. The van der Waals surface area contributed by atoms with E-state index in [9.17, 15) is 0 Å². The maximum absolute atomic E-state index is 6.13. The second kappa shape index (κ2) is 10.2. The van der Waals surface area contributed by atoms with Gasteiger partial charge in [0, 0.05) is 23.2 Å². The Bertz CT molecular complexity index is 402. The maximum Gasteiger partial charge on any atom is 0.165 e. The monoisotopic (exact) mass is 317 g/mol. The van der Waals surface area contributed by atoms with Crippen LogP contribution in [-0.2, 0) is 6.54 Å². The molecule has 1 aromatic carbocycles. The molecule has 114 valence electrons. The molecule has 0 fully saturated rings. The van der Waals surface area contributed by atoms with Crippen molar-refractivity contribution in [3.05, 3.63) is 22.7 Å². The molecule has 0 amide bonds. The van der Waals surface area contributed by atoms with E-state index < -0.39 is 0 Å². The second-order valence-electron chi connectivity index (χ2n) is 4.47. The summed E-state index contributed by atoms with van der Waals surface area (Å²) in [4.78, 5) is 0. The predicted molar refractivity (Wildman–Crippen MR) is 88.5 cm³/mol. The molecule has 0 spiro atoms. The van der Waals surface area contributed by atoms with Crippen molar-refractivity contribution in [1.29, 1.82) is 0 Å². The number of hydrogen-bond donors (Lipinski definition) is 1. The smallest absolute Gasteiger partial charge is 0.165 e. The van der Waals surface area contributed by atoms with Crippen molar-refractivity contribution in [2.75, 3.05) is 32.3 Å². The van der Waals surface area contributed by atoms with Gasteiger partial charge in [0.2, 0.25) is 0 Å². The highest BCUT2D eigenvalue weighted by molar-refractivity contribution is 7.98. The van der Waals surface area contributed by atoms with Crippen molar-refractivity contribution in [3.63, 3.8) is 0 Å². The first-order chi connectivity index (χ1) is 9.72. The van der Waals surface area contributed by atoms with Gasteiger partial charge in [-0.2, -0.15) is 11.8 Å². The lowest BCUT2D eigenvalue weighted by Crippen LogP contribution is -2.15. The number of benzene rings is 1. The van der Waals surface area contributed by atoms with E-state index in [-0.39, 0.29) is 0 Å². The maximum atomic E-state index is 6.13. The van der Waals surface area contributed by atoms with Crippen LogP contribution in [0, 0.1) is 0 Å². The highest BCUT2D eigenvalue weighted by Crippen LogP contribution is 2.34. The Balaban J connectivity index is 2.79. The number of nitrogens with one attached hydrogen (secondary N) is 1. The van der Waals surface area contributed by atoms with Gasteiger partial charge in [-0.15, -0.1) is 0 Å². The zero-order valence-corrected chi connectivity index (χ0v) is 14.1. The summed E-state index contributed by atoms with van der Waals surface area (Å²) in [5, 5.41) is 4.05. The number of methoxy groups -OCH3 is 1. The summed E-state index contributed by atoms with van der Waals surface area (Å²) in [6.45, 7) is 4.55. The number of ether oxygens (including phenoxy) is 2. The van der Waals surface area contributed by atoms with Crippen LogP contribution < -0.4 is 14.8 Å². The van der Waals surface area contributed by atoms with E-state index in [0.717, 1.165) is 43.0 Å². The van der Waals surface area contributed by atoms with E-state index in [4.69, 9.17) is 21.1 Å². The molecular formula is C15H24ClNO2S. The molecule has 0 atom stereocenters. The number of halogens is 1. The Hall–Kier alpha value is -0.580. The minimum absolute atomic E-state index is 0.673. The molecule has 0 radical (unpaired) electrons. The Morgan fingerprint density at radius 3 is 2.80 bits per heavy atom. The average molecular weight is 318 g/mol. The molecule has 0 heterocycles. The van der Waals surface area contributed by atoms with E-state index in [1.165, 1.54) is 0 Å². The van der Waals surface area contributed by atoms with Crippen molar-refractivity contribution in [3.8, 4) is 11.5 Å². The first-order valence-electron chi connectivity index (χ1n) is 6.91. The SMILES string of the molecule is CCCNCc1cc(Cl)cc(OC)c1OCCCSC. The number of thioether (sulfide) groups is 1. The topological polar surface area (TPSA) is 30.5 Å². The molecule has 0 saturated heterocycles. The molecule has 0 saturated carbocycles. The summed E-state index contributed by atoms with van der Waals surface area (Å²) >= 11 is 7.96. The van der Waals surface area contributed by atoms with E-state index in [1.54, 1.807) is 13.2 Å². The molecule has 1 N–H and O–H groups in total. The van der Waals surface area contributed by atoms with Gasteiger partial charge in [-0.05, 0) is 37.5 Å². The van der Waals surface area contributed by atoms with Crippen LogP contribution in [0.2, 0.25) is 5.02 Å². The summed E-state index contributed by atoms with van der Waals surface area (Å²) in [6, 6.07) is 3.74. The molecule has 0 aromatic heterocycles. The molecule has 1 aromatic rings. The van der Waals surface area contributed by atoms with E-state index in [2.05, 4.69) is 18.5 Å². The van der Waals surface area contributed by atoms with Gasteiger partial charge < -0.3 is 14.8 Å². The standard InChI is InChI=1S/C15H24ClNO2S/c1-4-6-17-11-12-9-13(16)10-14(18-2)15(12)19-7-5-8-20-3/h9-10,17H,4-8,11H2,1-3H3. The van der Waals surface area contributed by atoms with Crippen molar-refractivity contribution in [1.82, 2.24) is 5.32 Å². The molecule has 1 rings (SSSR count). The molecule has 0 aliphatic rings. The van der Waals surface area contributed by atoms with Gasteiger partial charge in [-0.1, -0.05) is 18.5 Å². The summed E-state index contributed by atoms with van der Waals surface area (Å²) < 4.78 is 11.3. The van der Waals surface area contributed by atoms with Crippen LogP contribution in [0.1, 0.15) is 25.3 Å². The van der Waals surface area contributed by atoms with Gasteiger partial charge >= 0.3 is 0 Å². The summed E-state index contributed by atoms with van der Waals surface area (Å²) in [5.41, 5.74) is 1.05. The van der Waals surface area contributed by atoms with E-state index in [1.807, 2.05) is 17.8 Å². The molecule has 20 heavy (non-hydrogen) atoms. The van der Waals surface area contributed by atoms with Gasteiger partial charge in [0.15, 0.2) is 11.5 Å². The van der Waals surface area contributed by atoms with Crippen molar-refractivity contribution in [2.24, 2.45) is 0 Å². The fraction of sp³-hybridized carbons (Fsp3) is 0.600. The second-order valence-corrected chi connectivity index (χ2v) is 5.89. The van der Waals surface area contributed by atoms with Gasteiger partial charge in [0.05, 0.1) is 13.7 Å². The van der Waals surface area contributed by atoms with Gasteiger partial charge in [-0.3, -0.25) is 0 Å². The Morgan fingerprint density at radius 1 is 1.35 bits per heavy atom. The third-order valence-electron chi connectivity index (χ3n) is 2.80. The lowest BCUT2D eigenvalue weighted by atomic mass is 10.1. The highest BCUT2D eigenvalue weighted by Gasteiger charge is 2.12. The highest BCUT2D eigenvalue weighted by atomic mass is 35.5. The van der Waals surface area contributed by atoms with Crippen LogP contribution >= 0.6 is 23.4 Å². The van der Waals surface area contributed by atoms with Crippen LogP contribution in [0.5, 0.6) is 11.5 Å². The van der Waals surface area contributed by atoms with Crippen LogP contribution in [-0.4, -0.2) is 32.3 Å². The van der Waals surface area contributed by atoms with E-state index >= 15 is 0 Å². The van der Waals surface area contributed by atoms with Crippen molar-refractivity contribution in [2.45, 2.75) is 26.3 Å². The van der Waals surface area contributed by atoms with Gasteiger partial charge in [0.25, 0.3) is 0 Å². The Morgan fingerprint density at radius 2 is 2.15 bits per heavy atom. The molecule has 3 nitrogen and oxygen atoms in total. The zero-order chi connectivity index (χ0) is 14.8. The van der Waals surface area contributed by atoms with Crippen LogP contribution in [0.4, 0.5) is 0 Å². The number of hydrogen-bond acceptors (Lipinski definition) is 4. The minimum atomic E-state index is 0.673. The average Bonchev–Trinajstić information content (AvgIpc) is 2.45. The van der Waals surface area contributed by atoms with Crippen LogP contribution in [0.3, 0.4) is 0 Å². The molecular weight excluding hydrogens is 294 g/mol. The molecule has 0 aliphatic heterocycles. The van der Waals surface area contributed by atoms with Gasteiger partial charge in [0.1, 0.15) is 0 Å². The lowest BCUT2D eigenvalue weighted by Gasteiger charge is -2.16. The van der Waals surface area contributed by atoms with Crippen molar-refractivity contribution < 1.29 is 9.47 Å². The van der Waals surface area contributed by atoms with Crippen LogP contribution in [0.15, 0.2) is 12.1 Å². The molecule has 0 bridgehead atoms. The Labute approximate surface area is 131 Å². The number of rotatable bonds is 10. The first-order valence-corrected chi connectivity index (χ1v) is 8.69. The first kappa shape index (κ1) is 17.5. The summed E-state index contributed by atoms with van der Waals surface area (Å²) in [7, 11) is 1.64. The summed E-state index contributed by atoms with van der Waals surface area (Å²) in [6.07, 6.45) is 4.22. The summed E-state index contributed by atoms with van der Waals surface area (Å²) in [5.74, 6) is 2.61. The molecule has 0 unspecified atom stereocenters. The largest absolute Gasteiger partial charge is 0.493 e. The van der Waals surface area contributed by atoms with Gasteiger partial charge in [-0.25, -0.2) is 0 Å². The fourth-order valence-electron chi connectivity index (χ4n) is 1.85. The normalized spacial score (nSPS) is 10.6. The third kappa shape index (κ3) is 5.81. The lowest BCUT2D eigenvalue weighted by molar-refractivity contribution is 0.291. The molecule has 5 heteroatoms. The fourth-order valence-corrected chi connectivity index (χ4v) is 2.48. The third-order valence-corrected chi connectivity index (χ3v) is 3.71. The van der Waals surface area contributed by atoms with Crippen molar-refractivity contribution >= 4 is 23.4 Å². The van der Waals surface area contributed by atoms with E-state index in [0.29, 0.717) is 17.4 Å². The molecule has 0 aliphatic carbocycles. The predicted octanol–water partition coefficient (Wildman–Crippen LogP) is 3.98. The quantitative estimate of drug-likeness (QED) is 0.661.